The second-order valence-electron chi connectivity index (χ2n) is 18.4. The van der Waals surface area contributed by atoms with Crippen LogP contribution >= 0.6 is 40.5 Å². The van der Waals surface area contributed by atoms with E-state index in [9.17, 15) is 28.8 Å². The number of anilines is 2. The van der Waals surface area contributed by atoms with E-state index in [1.165, 1.54) is 25.3 Å². The minimum atomic E-state index is -0.526. The Balaban J connectivity index is 0.000000168. The van der Waals surface area contributed by atoms with Crippen LogP contribution in [0.2, 0.25) is 0 Å². The summed E-state index contributed by atoms with van der Waals surface area (Å²) >= 11 is 0. The Morgan fingerprint density at radius 1 is 0.522 bits per heavy atom. The first-order valence-electron chi connectivity index (χ1n) is 22.4. The molecule has 3 aliphatic carbocycles. The van der Waals surface area contributed by atoms with Crippen molar-refractivity contribution in [2.75, 3.05) is 43.7 Å². The molecule has 13 nitrogen and oxygen atoms in total. The average molecular weight is 991 g/mol. The monoisotopic (exact) mass is 990 g/mol. The maximum Gasteiger partial charge on any atom is 0.337 e. The standard InChI is InChI=1S/C20H19NO3.C19H18N2O3.C14H15NO3.3H2S/c1-24-18(22)14-7-8-15-12-20(13-16(15)11-14)9-10-21(19(20)23)17-5-3-2-4-6-17;22-17(20-24)13-6-7-14-11-19(12-15(14)10-13)8-9-21(18(19)23)16-4-2-1-3-5-16;1-18-12(16)9-2-3-10-7-14(8-11(10)6-9)4-5-15-13(14)17;;;/h2-8,11H,9-10,12-13H2,1H3;1-7,10,24H,8-9,11-12H2,(H,20,22);2-3,6H,4-5,7-8H2,1H3,(H,15,17);3*1H2/t20-;19-;14-;;;/m000.../s1. The largest absolute Gasteiger partial charge is 0.465 e. The zero-order valence-corrected chi connectivity index (χ0v) is 41.6. The van der Waals surface area contributed by atoms with E-state index in [-0.39, 0.29) is 81.0 Å². The average Bonchev–Trinajstić information content (AvgIpc) is 4.21. The van der Waals surface area contributed by atoms with Crippen LogP contribution in [0.25, 0.3) is 0 Å². The van der Waals surface area contributed by atoms with Crippen LogP contribution in [0.1, 0.15) is 83.7 Å². The molecule has 362 valence electrons. The lowest BCUT2D eigenvalue weighted by Gasteiger charge is -2.22. The molecule has 0 radical (unpaired) electrons. The van der Waals surface area contributed by atoms with Gasteiger partial charge in [0.1, 0.15) is 0 Å². The number of nitrogens with one attached hydrogen (secondary N) is 2. The summed E-state index contributed by atoms with van der Waals surface area (Å²) in [6.45, 7) is 2.23. The summed E-state index contributed by atoms with van der Waals surface area (Å²) in [4.78, 5) is 76.7. The first kappa shape index (κ1) is 52.3. The number of fused-ring (bicyclic) bond motifs is 3. The molecule has 3 heterocycles. The third-order valence-corrected chi connectivity index (χ3v) is 14.5. The van der Waals surface area contributed by atoms with Gasteiger partial charge in [-0.2, -0.15) is 40.5 Å². The van der Waals surface area contributed by atoms with Gasteiger partial charge >= 0.3 is 11.9 Å². The molecule has 3 spiro atoms. The van der Waals surface area contributed by atoms with Gasteiger partial charge in [-0.3, -0.25) is 24.4 Å². The third-order valence-electron chi connectivity index (χ3n) is 14.5. The summed E-state index contributed by atoms with van der Waals surface area (Å²) in [6.07, 6.45) is 6.90. The molecule has 3 N–H and O–H groups in total. The zero-order valence-electron chi connectivity index (χ0n) is 38.6. The first-order chi connectivity index (χ1) is 31.9. The van der Waals surface area contributed by atoms with Gasteiger partial charge in [-0.15, -0.1) is 0 Å². The maximum absolute atomic E-state index is 13.1. The maximum atomic E-state index is 13.1. The van der Waals surface area contributed by atoms with Gasteiger partial charge < -0.3 is 24.6 Å². The number of esters is 2. The van der Waals surface area contributed by atoms with Crippen LogP contribution in [-0.2, 0) is 62.4 Å². The Hall–Kier alpha value is -6.07. The van der Waals surface area contributed by atoms with Gasteiger partial charge in [0.05, 0.1) is 41.6 Å². The van der Waals surface area contributed by atoms with Crippen LogP contribution in [-0.4, -0.2) is 74.6 Å². The Bertz CT molecular complexity index is 2640. The normalized spacial score (nSPS) is 21.9. The second kappa shape index (κ2) is 21.3. The lowest BCUT2D eigenvalue weighted by molar-refractivity contribution is -0.127. The van der Waals surface area contributed by atoms with Crippen LogP contribution in [0.4, 0.5) is 11.4 Å². The van der Waals surface area contributed by atoms with Crippen molar-refractivity contribution in [1.82, 2.24) is 10.8 Å². The smallest absolute Gasteiger partial charge is 0.337 e. The van der Waals surface area contributed by atoms with E-state index in [1.54, 1.807) is 29.7 Å². The molecule has 5 aromatic rings. The fourth-order valence-corrected chi connectivity index (χ4v) is 11.0. The van der Waals surface area contributed by atoms with Gasteiger partial charge in [-0.05, 0) is 152 Å². The highest BCUT2D eigenvalue weighted by Gasteiger charge is 2.52. The Kier molecular flexibility index (Phi) is 16.1. The number of para-hydroxylation sites is 2. The van der Waals surface area contributed by atoms with Crippen molar-refractivity contribution in [2.24, 2.45) is 16.2 Å². The van der Waals surface area contributed by atoms with E-state index in [1.807, 2.05) is 101 Å². The molecule has 0 unspecified atom stereocenters. The van der Waals surface area contributed by atoms with Crippen molar-refractivity contribution in [3.63, 3.8) is 0 Å². The van der Waals surface area contributed by atoms with Gasteiger partial charge in [0, 0.05) is 36.6 Å². The molecule has 11 rings (SSSR count). The molecule has 3 saturated heterocycles. The molecular weight excluding hydrogens is 933 g/mol. The molecule has 0 bridgehead atoms. The summed E-state index contributed by atoms with van der Waals surface area (Å²) < 4.78 is 9.51. The van der Waals surface area contributed by atoms with E-state index < -0.39 is 11.3 Å². The van der Waals surface area contributed by atoms with E-state index in [4.69, 9.17) is 14.7 Å². The fraction of sp³-hybridized carbons (Fsp3) is 0.321. The van der Waals surface area contributed by atoms with Crippen molar-refractivity contribution in [1.29, 1.82) is 0 Å². The van der Waals surface area contributed by atoms with Crippen LogP contribution in [0.15, 0.2) is 115 Å². The van der Waals surface area contributed by atoms with Gasteiger partial charge in [0.25, 0.3) is 5.91 Å². The first-order valence-corrected chi connectivity index (χ1v) is 22.4. The van der Waals surface area contributed by atoms with Gasteiger partial charge in [-0.1, -0.05) is 54.6 Å². The highest BCUT2D eigenvalue weighted by atomic mass is 32.1. The summed E-state index contributed by atoms with van der Waals surface area (Å²) in [7, 11) is 2.76. The van der Waals surface area contributed by atoms with E-state index in [0.717, 1.165) is 91.8 Å². The molecule has 0 aromatic heterocycles. The zero-order chi connectivity index (χ0) is 46.2. The van der Waals surface area contributed by atoms with Crippen molar-refractivity contribution < 1.29 is 43.4 Å². The molecule has 0 saturated carbocycles. The number of hydroxylamine groups is 1. The molecule has 6 aliphatic rings. The van der Waals surface area contributed by atoms with Crippen molar-refractivity contribution in [2.45, 2.75) is 57.8 Å². The highest BCUT2D eigenvalue weighted by Crippen LogP contribution is 2.48. The third kappa shape index (κ3) is 9.89. The number of carbonyl (C=O) groups excluding carboxylic acids is 6. The summed E-state index contributed by atoms with van der Waals surface area (Å²) in [5, 5.41) is 11.7. The summed E-state index contributed by atoms with van der Waals surface area (Å²) in [6, 6.07) is 36.2. The van der Waals surface area contributed by atoms with Gasteiger partial charge in [0.2, 0.25) is 17.7 Å². The number of methoxy groups -OCH3 is 2. The predicted octanol–water partition coefficient (Wildman–Crippen LogP) is 6.74. The number of carbonyl (C=O) groups is 6. The van der Waals surface area contributed by atoms with E-state index in [2.05, 4.69) is 5.32 Å². The van der Waals surface area contributed by atoms with Crippen LogP contribution in [0.3, 0.4) is 0 Å². The molecule has 4 amide bonds. The van der Waals surface area contributed by atoms with Gasteiger partial charge in [0.15, 0.2) is 0 Å². The topological polar surface area (TPSA) is 172 Å². The molecule has 16 heteroatoms. The predicted molar refractivity (Wildman–Crippen MR) is 276 cm³/mol. The van der Waals surface area contributed by atoms with E-state index >= 15 is 0 Å². The number of rotatable bonds is 5. The van der Waals surface area contributed by atoms with Crippen LogP contribution in [0.5, 0.6) is 0 Å². The van der Waals surface area contributed by atoms with Crippen molar-refractivity contribution in [3.05, 3.63) is 165 Å². The number of hydrogen-bond acceptors (Lipinski definition) is 9. The molecule has 3 fully saturated rings. The summed E-state index contributed by atoms with van der Waals surface area (Å²) in [5.41, 5.74) is 10.8. The minimum Gasteiger partial charge on any atom is -0.465 e. The molecule has 3 aliphatic heterocycles. The Labute approximate surface area is 422 Å². The molecular formula is C53H58N4O9S3. The number of ether oxygens (including phenoxy) is 2. The highest BCUT2D eigenvalue weighted by molar-refractivity contribution is 7.59. The van der Waals surface area contributed by atoms with Crippen molar-refractivity contribution >= 4 is 87.4 Å². The SMILES string of the molecule is COC(=O)c1ccc2c(c1)C[C@]1(CCN(c3ccccc3)C1=O)C2.COC(=O)c1ccc2c(c1)C[C@]1(CCNC1=O)C2.O=C(NO)c1ccc2c(c1)C[C@]1(CCN(c3ccccc3)C1=O)C2.S.S.S. The molecule has 69 heavy (non-hydrogen) atoms. The lowest BCUT2D eigenvalue weighted by Crippen LogP contribution is -2.35. The quantitative estimate of drug-likeness (QED) is 0.0981. The lowest BCUT2D eigenvalue weighted by atomic mass is 9.83. The molecule has 3 atom stereocenters. The number of benzene rings is 5. The Morgan fingerprint density at radius 2 is 0.899 bits per heavy atom. The minimum absolute atomic E-state index is 0. The Morgan fingerprint density at radius 3 is 1.29 bits per heavy atom. The number of amides is 4. The number of nitrogens with zero attached hydrogens (tertiary/aromatic N) is 2. The number of hydrogen-bond donors (Lipinski definition) is 3. The second-order valence-corrected chi connectivity index (χ2v) is 18.4. The fourth-order valence-electron chi connectivity index (χ4n) is 11.0. The van der Waals surface area contributed by atoms with Crippen LogP contribution in [0, 0.1) is 16.2 Å². The molecule has 5 aromatic carbocycles. The van der Waals surface area contributed by atoms with Crippen LogP contribution < -0.4 is 20.6 Å². The van der Waals surface area contributed by atoms with Gasteiger partial charge in [-0.25, -0.2) is 15.1 Å². The summed E-state index contributed by atoms with van der Waals surface area (Å²) in [5.74, 6) is -0.666. The van der Waals surface area contributed by atoms with E-state index in [0.29, 0.717) is 36.0 Å². The van der Waals surface area contributed by atoms with Crippen molar-refractivity contribution in [3.8, 4) is 0 Å².